The normalized spacial score (nSPS) is 27.0. The van der Waals surface area contributed by atoms with Crippen LogP contribution in [-0.4, -0.2) is 60.0 Å². The van der Waals surface area contributed by atoms with Gasteiger partial charge in [-0.3, -0.25) is 9.59 Å². The molecule has 0 aromatic carbocycles. The van der Waals surface area contributed by atoms with Gasteiger partial charge in [-0.2, -0.15) is 0 Å². The molecule has 2 saturated heterocycles. The first kappa shape index (κ1) is 19.2. The maximum absolute atomic E-state index is 12.4. The smallest absolute Gasteiger partial charge is 0.228 e. The maximum atomic E-state index is 12.4. The van der Waals surface area contributed by atoms with Gasteiger partial charge in [-0.25, -0.2) is 4.98 Å². The molecule has 26 heavy (non-hydrogen) atoms. The van der Waals surface area contributed by atoms with Gasteiger partial charge in [0.25, 0.3) is 0 Å². The summed E-state index contributed by atoms with van der Waals surface area (Å²) < 4.78 is 11.1. The second kappa shape index (κ2) is 9.40. The first-order valence-electron chi connectivity index (χ1n) is 8.99. The molecule has 144 valence electrons. The zero-order valence-electron chi connectivity index (χ0n) is 14.6. The quantitative estimate of drug-likeness (QED) is 0.674. The van der Waals surface area contributed by atoms with Crippen LogP contribution in [0.1, 0.15) is 32.1 Å². The van der Waals surface area contributed by atoms with E-state index < -0.39 is 6.10 Å². The number of carbonyl (C=O) groups is 2. The van der Waals surface area contributed by atoms with E-state index in [0.29, 0.717) is 31.2 Å². The second-order valence-corrected chi connectivity index (χ2v) is 7.54. The van der Waals surface area contributed by atoms with E-state index >= 15 is 0 Å². The van der Waals surface area contributed by atoms with Crippen molar-refractivity contribution in [2.75, 3.05) is 25.1 Å². The van der Waals surface area contributed by atoms with Crippen molar-refractivity contribution in [3.63, 3.8) is 0 Å². The van der Waals surface area contributed by atoms with Crippen LogP contribution in [0.4, 0.5) is 5.13 Å². The first-order chi connectivity index (χ1) is 12.7. The summed E-state index contributed by atoms with van der Waals surface area (Å²) in [4.78, 5) is 28.5. The third kappa shape index (κ3) is 5.23. The van der Waals surface area contributed by atoms with Gasteiger partial charge in [0.15, 0.2) is 5.13 Å². The van der Waals surface area contributed by atoms with Gasteiger partial charge >= 0.3 is 0 Å². The summed E-state index contributed by atoms with van der Waals surface area (Å²) in [6.45, 7) is 1.03. The molecule has 0 spiro atoms. The number of hydrogen-bond acceptors (Lipinski definition) is 7. The van der Waals surface area contributed by atoms with Gasteiger partial charge in [0.1, 0.15) is 6.10 Å². The van der Waals surface area contributed by atoms with Crippen molar-refractivity contribution in [2.45, 2.75) is 50.4 Å². The molecule has 2 aliphatic rings. The van der Waals surface area contributed by atoms with E-state index in [2.05, 4.69) is 15.6 Å². The highest BCUT2D eigenvalue weighted by Gasteiger charge is 2.34. The van der Waals surface area contributed by atoms with E-state index in [1.807, 2.05) is 0 Å². The Morgan fingerprint density at radius 3 is 2.77 bits per heavy atom. The van der Waals surface area contributed by atoms with Crippen molar-refractivity contribution in [1.82, 2.24) is 10.3 Å². The number of aliphatic hydroxyl groups is 1. The Hall–Kier alpha value is -1.55. The lowest BCUT2D eigenvalue weighted by molar-refractivity contribution is -0.137. The number of aliphatic hydroxyl groups excluding tert-OH is 1. The van der Waals surface area contributed by atoms with Crippen molar-refractivity contribution < 1.29 is 24.2 Å². The molecule has 3 rings (SSSR count). The molecule has 0 radical (unpaired) electrons. The number of anilines is 1. The van der Waals surface area contributed by atoms with Crippen LogP contribution >= 0.6 is 11.3 Å². The monoisotopic (exact) mass is 383 g/mol. The number of ether oxygens (including phenoxy) is 2. The molecule has 0 saturated carbocycles. The van der Waals surface area contributed by atoms with Gasteiger partial charge < -0.3 is 25.2 Å². The average Bonchev–Trinajstić information content (AvgIpc) is 3.16. The molecule has 3 heterocycles. The lowest BCUT2D eigenvalue weighted by Crippen LogP contribution is -2.52. The van der Waals surface area contributed by atoms with E-state index in [1.54, 1.807) is 11.6 Å². The van der Waals surface area contributed by atoms with Gasteiger partial charge in [0.2, 0.25) is 11.8 Å². The summed E-state index contributed by atoms with van der Waals surface area (Å²) in [5.41, 5.74) is 0. The third-order valence-corrected chi connectivity index (χ3v) is 5.50. The molecule has 3 atom stereocenters. The van der Waals surface area contributed by atoms with Gasteiger partial charge in [-0.05, 0) is 25.7 Å². The average molecular weight is 383 g/mol. The van der Waals surface area contributed by atoms with Crippen LogP contribution in [0.5, 0.6) is 0 Å². The minimum absolute atomic E-state index is 0.000290. The predicted octanol–water partition coefficient (Wildman–Crippen LogP) is 0.923. The molecule has 2 amide bonds. The Kier molecular flexibility index (Phi) is 6.95. The Bertz CT molecular complexity index is 591. The minimum atomic E-state index is -0.495. The Morgan fingerprint density at radius 1 is 1.27 bits per heavy atom. The fourth-order valence-corrected chi connectivity index (χ4v) is 3.91. The molecule has 2 aliphatic heterocycles. The number of rotatable bonds is 6. The summed E-state index contributed by atoms with van der Waals surface area (Å²) in [6, 6.07) is -0.228. The Morgan fingerprint density at radius 2 is 2.08 bits per heavy atom. The number of thiazole rings is 1. The van der Waals surface area contributed by atoms with Crippen LogP contribution in [0.25, 0.3) is 0 Å². The molecular formula is C17H25N3O5S. The lowest BCUT2D eigenvalue weighted by atomic mass is 9.94. The van der Waals surface area contributed by atoms with Crippen LogP contribution in [-0.2, 0) is 19.1 Å². The number of aromatic nitrogens is 1. The zero-order valence-corrected chi connectivity index (χ0v) is 15.4. The SMILES string of the molecule is O=C(C[C@@H]1CC[C@H](NC(=O)C2CCOCC2)[C@@H](CO)O1)Nc1nccs1. The summed E-state index contributed by atoms with van der Waals surface area (Å²) in [7, 11) is 0. The van der Waals surface area contributed by atoms with E-state index in [9.17, 15) is 14.7 Å². The van der Waals surface area contributed by atoms with Crippen molar-refractivity contribution in [3.05, 3.63) is 11.6 Å². The number of nitrogens with zero attached hydrogens (tertiary/aromatic N) is 1. The summed E-state index contributed by atoms with van der Waals surface area (Å²) in [6.07, 6.45) is 3.84. The maximum Gasteiger partial charge on any atom is 0.228 e. The highest BCUT2D eigenvalue weighted by Crippen LogP contribution is 2.24. The fraction of sp³-hybridized carbons (Fsp3) is 0.706. The van der Waals surface area contributed by atoms with Crippen LogP contribution in [0.3, 0.4) is 0 Å². The Labute approximate surface area is 156 Å². The van der Waals surface area contributed by atoms with Gasteiger partial charge in [-0.15, -0.1) is 11.3 Å². The summed E-state index contributed by atoms with van der Waals surface area (Å²) in [5.74, 6) is -0.198. The molecule has 9 heteroatoms. The standard InChI is InChI=1S/C17H25N3O5S/c21-10-14-13(19-16(23)11-3-6-24-7-4-11)2-1-12(25-14)9-15(22)20-17-18-5-8-26-17/h5,8,11-14,21H,1-4,6-7,9-10H2,(H,19,23)(H,18,20,22)/t12-,13-,14+/m0/s1. The molecule has 0 bridgehead atoms. The third-order valence-electron chi connectivity index (χ3n) is 4.81. The molecule has 8 nitrogen and oxygen atoms in total. The number of hydrogen-bond donors (Lipinski definition) is 3. The van der Waals surface area contributed by atoms with E-state index in [1.165, 1.54) is 11.3 Å². The predicted molar refractivity (Wildman–Crippen MR) is 95.8 cm³/mol. The van der Waals surface area contributed by atoms with Crippen molar-refractivity contribution in [1.29, 1.82) is 0 Å². The van der Waals surface area contributed by atoms with Crippen molar-refractivity contribution in [3.8, 4) is 0 Å². The fourth-order valence-electron chi connectivity index (χ4n) is 3.37. The molecule has 0 aliphatic carbocycles. The number of nitrogens with one attached hydrogen (secondary N) is 2. The molecule has 1 aromatic rings. The van der Waals surface area contributed by atoms with Gasteiger partial charge in [0, 0.05) is 30.7 Å². The molecule has 0 unspecified atom stereocenters. The van der Waals surface area contributed by atoms with E-state index in [0.717, 1.165) is 12.8 Å². The molecule has 1 aromatic heterocycles. The minimum Gasteiger partial charge on any atom is -0.394 e. The first-order valence-corrected chi connectivity index (χ1v) is 9.87. The van der Waals surface area contributed by atoms with Crippen LogP contribution in [0, 0.1) is 5.92 Å². The highest BCUT2D eigenvalue weighted by molar-refractivity contribution is 7.13. The Balaban J connectivity index is 1.46. The lowest BCUT2D eigenvalue weighted by Gasteiger charge is -2.36. The molecule has 3 N–H and O–H groups in total. The summed E-state index contributed by atoms with van der Waals surface area (Å²) in [5, 5.41) is 17.7. The van der Waals surface area contributed by atoms with Crippen LogP contribution < -0.4 is 10.6 Å². The van der Waals surface area contributed by atoms with E-state index in [-0.39, 0.29) is 42.9 Å². The van der Waals surface area contributed by atoms with E-state index in [4.69, 9.17) is 9.47 Å². The highest BCUT2D eigenvalue weighted by atomic mass is 32.1. The number of amides is 2. The molecular weight excluding hydrogens is 358 g/mol. The van der Waals surface area contributed by atoms with Gasteiger partial charge in [-0.1, -0.05) is 0 Å². The molecule has 2 fully saturated rings. The number of carbonyl (C=O) groups excluding carboxylic acids is 2. The van der Waals surface area contributed by atoms with Crippen molar-refractivity contribution >= 4 is 28.3 Å². The topological polar surface area (TPSA) is 110 Å². The van der Waals surface area contributed by atoms with Crippen LogP contribution in [0.2, 0.25) is 0 Å². The van der Waals surface area contributed by atoms with Crippen LogP contribution in [0.15, 0.2) is 11.6 Å². The summed E-state index contributed by atoms with van der Waals surface area (Å²) >= 11 is 1.36. The van der Waals surface area contributed by atoms with Crippen molar-refractivity contribution in [2.24, 2.45) is 5.92 Å². The second-order valence-electron chi connectivity index (χ2n) is 6.65. The van der Waals surface area contributed by atoms with Gasteiger partial charge in [0.05, 0.1) is 25.2 Å². The zero-order chi connectivity index (χ0) is 18.4. The largest absolute Gasteiger partial charge is 0.394 e.